The van der Waals surface area contributed by atoms with E-state index in [0.717, 1.165) is 6.07 Å². The average molecular weight is 725 g/mol. The van der Waals surface area contributed by atoms with Gasteiger partial charge < -0.3 is 83.9 Å². The summed E-state index contributed by atoms with van der Waals surface area (Å²) in [4.78, 5) is 14.0. The number of aromatic hydroxyl groups is 2. The fourth-order valence-electron chi connectivity index (χ4n) is 6.17. The zero-order valence-corrected chi connectivity index (χ0v) is 27.4. The van der Waals surface area contributed by atoms with Gasteiger partial charge in [-0.2, -0.15) is 0 Å². The smallest absolute Gasteiger partial charge is 0.239 e. The Balaban J connectivity index is 1.31. The van der Waals surface area contributed by atoms with Crippen LogP contribution >= 0.6 is 0 Å². The first kappa shape index (κ1) is 37.1. The molecule has 2 aromatic carbocycles. The second kappa shape index (κ2) is 14.4. The summed E-state index contributed by atoms with van der Waals surface area (Å²) < 4.78 is 39.9. The number of phenols is 2. The van der Waals surface area contributed by atoms with Gasteiger partial charge in [-0.05, 0) is 45.0 Å². The van der Waals surface area contributed by atoms with Gasteiger partial charge in [0.1, 0.15) is 83.2 Å². The monoisotopic (exact) mass is 724 g/mol. The van der Waals surface area contributed by atoms with Crippen LogP contribution < -0.4 is 14.9 Å². The predicted molar refractivity (Wildman–Crippen MR) is 168 cm³/mol. The first-order valence-electron chi connectivity index (χ1n) is 16.1. The van der Waals surface area contributed by atoms with Crippen LogP contribution in [0.4, 0.5) is 0 Å². The van der Waals surface area contributed by atoms with Gasteiger partial charge >= 0.3 is 0 Å². The molecular weight excluding hydrogens is 684 g/mol. The highest BCUT2D eigenvalue weighted by atomic mass is 16.7. The van der Waals surface area contributed by atoms with Crippen molar-refractivity contribution in [2.75, 3.05) is 0 Å². The Morgan fingerprint density at radius 3 is 1.76 bits per heavy atom. The lowest BCUT2D eigenvalue weighted by atomic mass is 9.97. The predicted octanol–water partition coefficient (Wildman–Crippen LogP) is -1.86. The van der Waals surface area contributed by atoms with Crippen LogP contribution in [0, 0.1) is 0 Å². The van der Waals surface area contributed by atoms with Crippen LogP contribution in [-0.4, -0.2) is 143 Å². The van der Waals surface area contributed by atoms with E-state index in [1.54, 1.807) is 0 Å². The quantitative estimate of drug-likeness (QED) is 0.128. The highest BCUT2D eigenvalue weighted by Gasteiger charge is 2.50. The van der Waals surface area contributed by atoms with Crippen LogP contribution in [0.2, 0.25) is 0 Å². The van der Waals surface area contributed by atoms with E-state index in [1.807, 2.05) is 0 Å². The van der Waals surface area contributed by atoms with Gasteiger partial charge in [-0.1, -0.05) is 0 Å². The number of hydrogen-bond acceptors (Lipinski definition) is 18. The molecule has 0 saturated carbocycles. The molecule has 3 saturated heterocycles. The summed E-state index contributed by atoms with van der Waals surface area (Å²) in [6.07, 6.45) is -22.2. The Morgan fingerprint density at radius 2 is 1.14 bits per heavy atom. The molecule has 51 heavy (non-hydrogen) atoms. The number of benzene rings is 2. The largest absolute Gasteiger partial charge is 0.508 e. The molecule has 3 fully saturated rings. The van der Waals surface area contributed by atoms with Crippen molar-refractivity contribution in [1.29, 1.82) is 0 Å². The summed E-state index contributed by atoms with van der Waals surface area (Å²) >= 11 is 0. The molecule has 15 atom stereocenters. The third-order valence-electron chi connectivity index (χ3n) is 9.21. The molecule has 0 spiro atoms. The van der Waals surface area contributed by atoms with Gasteiger partial charge in [-0.15, -0.1) is 0 Å². The van der Waals surface area contributed by atoms with E-state index < -0.39 is 114 Å². The standard InChI is InChI=1S/C33H40O18/c1-10-19(36)22(39)25(42)31(45-10)48-15-8-16(35)18-17(9-15)49-29(13-4-6-14(34)7-5-13)30(21(18)38)51-33-27(44)24(41)28(12(3)47-33)50-32-26(43)23(40)20(37)11(2)46-32/h4-12,19-20,22-28,31-37,39-44H,1-3H3. The van der Waals surface area contributed by atoms with E-state index in [0.29, 0.717) is 0 Å². The summed E-state index contributed by atoms with van der Waals surface area (Å²) in [5.74, 6) is -1.79. The van der Waals surface area contributed by atoms with Gasteiger partial charge in [0, 0.05) is 17.7 Å². The Morgan fingerprint density at radius 1 is 0.608 bits per heavy atom. The number of rotatable bonds is 7. The van der Waals surface area contributed by atoms with Crippen molar-refractivity contribution in [2.24, 2.45) is 0 Å². The van der Waals surface area contributed by atoms with E-state index in [4.69, 9.17) is 32.8 Å². The van der Waals surface area contributed by atoms with Crippen LogP contribution in [0.5, 0.6) is 23.0 Å². The minimum absolute atomic E-state index is 0.122. The number of hydrogen-bond donors (Lipinski definition) is 10. The molecule has 6 rings (SSSR count). The summed E-state index contributed by atoms with van der Waals surface area (Å²) in [5, 5.41) is 104. The van der Waals surface area contributed by atoms with Gasteiger partial charge in [0.25, 0.3) is 0 Å². The molecule has 3 aliphatic rings. The normalized spacial score (nSPS) is 38.8. The second-order valence-corrected chi connectivity index (χ2v) is 12.8. The van der Waals surface area contributed by atoms with Crippen LogP contribution in [0.25, 0.3) is 22.3 Å². The van der Waals surface area contributed by atoms with Gasteiger partial charge in [0.2, 0.25) is 23.8 Å². The van der Waals surface area contributed by atoms with Crippen molar-refractivity contribution in [1.82, 2.24) is 0 Å². The van der Waals surface area contributed by atoms with Crippen molar-refractivity contribution in [2.45, 2.75) is 113 Å². The van der Waals surface area contributed by atoms with E-state index in [2.05, 4.69) is 0 Å². The van der Waals surface area contributed by atoms with Crippen LogP contribution in [0.3, 0.4) is 0 Å². The lowest BCUT2D eigenvalue weighted by molar-refractivity contribution is -0.345. The highest BCUT2D eigenvalue weighted by Crippen LogP contribution is 2.39. The van der Waals surface area contributed by atoms with Crippen molar-refractivity contribution >= 4 is 11.0 Å². The molecule has 15 unspecified atom stereocenters. The first-order valence-corrected chi connectivity index (χ1v) is 16.1. The Kier molecular flexibility index (Phi) is 10.5. The molecule has 0 amide bonds. The third kappa shape index (κ3) is 6.98. The van der Waals surface area contributed by atoms with Crippen molar-refractivity contribution in [3.63, 3.8) is 0 Å². The summed E-state index contributed by atoms with van der Waals surface area (Å²) in [7, 11) is 0. The zero-order chi connectivity index (χ0) is 37.0. The topological polar surface area (TPSA) is 288 Å². The highest BCUT2D eigenvalue weighted by molar-refractivity contribution is 5.88. The van der Waals surface area contributed by atoms with E-state index >= 15 is 0 Å². The minimum atomic E-state index is -1.90. The molecular formula is C33H40O18. The lowest BCUT2D eigenvalue weighted by Gasteiger charge is -2.45. The van der Waals surface area contributed by atoms with Gasteiger partial charge in [-0.3, -0.25) is 4.79 Å². The fourth-order valence-corrected chi connectivity index (χ4v) is 6.17. The maximum absolute atomic E-state index is 14.0. The van der Waals surface area contributed by atoms with Gasteiger partial charge in [-0.25, -0.2) is 0 Å². The molecule has 10 N–H and O–H groups in total. The minimum Gasteiger partial charge on any atom is -0.508 e. The SMILES string of the molecule is CC1OC(Oc2cc(O)c3c(=O)c(OC4OC(C)C(OC5OC(C)C(O)C(O)C5O)C(O)C4O)c(-c4ccc(O)cc4)oc3c2)C(O)C(O)C1O. The van der Waals surface area contributed by atoms with Crippen LogP contribution in [0.1, 0.15) is 20.8 Å². The Hall–Kier alpha value is -3.63. The number of aliphatic hydroxyl groups excluding tert-OH is 8. The van der Waals surface area contributed by atoms with Crippen LogP contribution in [-0.2, 0) is 18.9 Å². The second-order valence-electron chi connectivity index (χ2n) is 12.8. The molecule has 4 heterocycles. The number of fused-ring (bicyclic) bond motifs is 1. The molecule has 3 aromatic rings. The molecule has 1 aromatic heterocycles. The van der Waals surface area contributed by atoms with Crippen LogP contribution in [0.15, 0.2) is 45.6 Å². The zero-order valence-electron chi connectivity index (χ0n) is 27.4. The maximum Gasteiger partial charge on any atom is 0.239 e. The molecule has 0 radical (unpaired) electrons. The Bertz CT molecular complexity index is 1750. The van der Waals surface area contributed by atoms with E-state index in [1.165, 1.54) is 51.1 Å². The number of aliphatic hydroxyl groups is 8. The number of phenolic OH excluding ortho intramolecular Hbond substituents is 2. The Labute approximate surface area is 288 Å². The van der Waals surface area contributed by atoms with Crippen molar-refractivity contribution < 1.29 is 83.9 Å². The summed E-state index contributed by atoms with van der Waals surface area (Å²) in [6, 6.07) is 7.56. The van der Waals surface area contributed by atoms with Crippen molar-refractivity contribution in [3.8, 4) is 34.3 Å². The van der Waals surface area contributed by atoms with E-state index in [9.17, 15) is 55.9 Å². The molecule has 280 valence electrons. The van der Waals surface area contributed by atoms with E-state index in [-0.39, 0.29) is 28.4 Å². The molecule has 18 heteroatoms. The molecule has 0 aliphatic carbocycles. The lowest BCUT2D eigenvalue weighted by Crippen LogP contribution is -2.63. The van der Waals surface area contributed by atoms with Crippen molar-refractivity contribution in [3.05, 3.63) is 46.6 Å². The van der Waals surface area contributed by atoms with Gasteiger partial charge in [0.05, 0.1) is 18.3 Å². The molecule has 0 bridgehead atoms. The first-order chi connectivity index (χ1) is 24.1. The average Bonchev–Trinajstić information content (AvgIpc) is 3.09. The number of ether oxygens (including phenoxy) is 6. The third-order valence-corrected chi connectivity index (χ3v) is 9.21. The molecule has 3 aliphatic heterocycles. The maximum atomic E-state index is 14.0. The summed E-state index contributed by atoms with van der Waals surface area (Å²) in [5.41, 5.74) is -1.02. The fraction of sp³-hybridized carbons (Fsp3) is 0.545. The van der Waals surface area contributed by atoms with Gasteiger partial charge in [0.15, 0.2) is 12.1 Å². The summed E-state index contributed by atoms with van der Waals surface area (Å²) in [6.45, 7) is 4.32. The molecule has 18 nitrogen and oxygen atoms in total.